The molecule has 1 aromatic rings. The number of nitrogens with zero attached hydrogens (tertiary/aromatic N) is 1. The van der Waals surface area contributed by atoms with Gasteiger partial charge >= 0.3 is 6.03 Å². The van der Waals surface area contributed by atoms with Gasteiger partial charge < -0.3 is 15.3 Å². The van der Waals surface area contributed by atoms with Crippen molar-refractivity contribution in [2.24, 2.45) is 0 Å². The van der Waals surface area contributed by atoms with Gasteiger partial charge in [0.05, 0.1) is 17.7 Å². The number of hydrogen-bond acceptors (Lipinski definition) is 2. The first-order valence-corrected chi connectivity index (χ1v) is 6.13. The molecule has 1 fully saturated rings. The lowest BCUT2D eigenvalue weighted by Gasteiger charge is -2.23. The van der Waals surface area contributed by atoms with Gasteiger partial charge in [-0.25, -0.2) is 9.18 Å². The summed E-state index contributed by atoms with van der Waals surface area (Å²) in [5.41, 5.74) is 0.440. The fourth-order valence-electron chi connectivity index (χ4n) is 2.06. The molecular weight excluding hydrogens is 259 g/mol. The smallest absolute Gasteiger partial charge is 0.322 e. The van der Waals surface area contributed by atoms with Crippen LogP contribution in [-0.4, -0.2) is 35.2 Å². The van der Waals surface area contributed by atoms with Crippen molar-refractivity contribution in [2.75, 3.05) is 18.5 Å². The van der Waals surface area contributed by atoms with E-state index in [9.17, 15) is 9.18 Å². The lowest BCUT2D eigenvalue weighted by molar-refractivity contribution is 0.166. The van der Waals surface area contributed by atoms with E-state index >= 15 is 0 Å². The third-order valence-corrected chi connectivity index (χ3v) is 3.31. The molecule has 4 nitrogen and oxygen atoms in total. The van der Waals surface area contributed by atoms with Gasteiger partial charge in [0, 0.05) is 12.2 Å². The number of hydrogen-bond donors (Lipinski definition) is 2. The monoisotopic (exact) mass is 272 g/mol. The number of aliphatic hydroxyl groups is 1. The summed E-state index contributed by atoms with van der Waals surface area (Å²) in [5, 5.41) is 11.7. The largest absolute Gasteiger partial charge is 0.394 e. The van der Waals surface area contributed by atoms with Crippen molar-refractivity contribution in [2.45, 2.75) is 18.9 Å². The Hall–Kier alpha value is -1.33. The van der Waals surface area contributed by atoms with Gasteiger partial charge in [-0.1, -0.05) is 11.6 Å². The Bertz CT molecular complexity index is 456. The fraction of sp³-hybridized carbons (Fsp3) is 0.417. The highest BCUT2D eigenvalue weighted by atomic mass is 35.5. The first kappa shape index (κ1) is 13.1. The van der Waals surface area contributed by atoms with Crippen LogP contribution < -0.4 is 5.32 Å². The minimum atomic E-state index is -0.524. The van der Waals surface area contributed by atoms with Gasteiger partial charge in [0.1, 0.15) is 5.82 Å². The molecule has 1 aliphatic rings. The van der Waals surface area contributed by atoms with Gasteiger partial charge in [0.25, 0.3) is 0 Å². The average Bonchev–Trinajstić information content (AvgIpc) is 2.82. The van der Waals surface area contributed by atoms with E-state index in [0.29, 0.717) is 12.2 Å². The topological polar surface area (TPSA) is 52.6 Å². The van der Waals surface area contributed by atoms with Crippen LogP contribution in [0.15, 0.2) is 18.2 Å². The standard InChI is InChI=1S/C12H14ClFN2O2/c13-10-6-8(3-4-11(10)14)15-12(18)16-5-1-2-9(16)7-17/h3-4,6,9,17H,1-2,5,7H2,(H,15,18)/t9-/m0/s1. The second kappa shape index (κ2) is 5.54. The van der Waals surface area contributed by atoms with Crippen LogP contribution in [0.3, 0.4) is 0 Å². The summed E-state index contributed by atoms with van der Waals surface area (Å²) in [6.45, 7) is 0.573. The molecule has 98 valence electrons. The quantitative estimate of drug-likeness (QED) is 0.869. The maximum absolute atomic E-state index is 13.0. The van der Waals surface area contributed by atoms with Gasteiger partial charge in [-0.3, -0.25) is 0 Å². The number of carbonyl (C=O) groups is 1. The number of anilines is 1. The summed E-state index contributed by atoms with van der Waals surface area (Å²) in [6, 6.07) is 3.57. The van der Waals surface area contributed by atoms with Gasteiger partial charge in [0.15, 0.2) is 0 Å². The fourth-order valence-corrected chi connectivity index (χ4v) is 2.24. The van der Waals surface area contributed by atoms with Crippen LogP contribution in [0.25, 0.3) is 0 Å². The van der Waals surface area contributed by atoms with Gasteiger partial charge in [-0.2, -0.15) is 0 Å². The Labute approximate surface area is 109 Å². The molecule has 2 amide bonds. The second-order valence-corrected chi connectivity index (χ2v) is 4.64. The van der Waals surface area contributed by atoms with Crippen molar-refractivity contribution in [3.8, 4) is 0 Å². The Morgan fingerprint density at radius 2 is 2.39 bits per heavy atom. The van der Waals surface area contributed by atoms with Gasteiger partial charge in [-0.15, -0.1) is 0 Å². The van der Waals surface area contributed by atoms with Crippen molar-refractivity contribution in [3.05, 3.63) is 29.0 Å². The van der Waals surface area contributed by atoms with Crippen molar-refractivity contribution >= 4 is 23.3 Å². The SMILES string of the molecule is O=C(Nc1ccc(F)c(Cl)c1)N1CCC[C@H]1CO. The highest BCUT2D eigenvalue weighted by molar-refractivity contribution is 6.31. The molecule has 1 saturated heterocycles. The van der Waals surface area contributed by atoms with Crippen LogP contribution in [-0.2, 0) is 0 Å². The molecule has 0 bridgehead atoms. The van der Waals surface area contributed by atoms with Crippen molar-refractivity contribution in [1.82, 2.24) is 4.90 Å². The zero-order chi connectivity index (χ0) is 13.1. The molecule has 6 heteroatoms. The van der Waals surface area contributed by atoms with Crippen LogP contribution in [0.5, 0.6) is 0 Å². The predicted molar refractivity (Wildman–Crippen MR) is 67.2 cm³/mol. The van der Waals surface area contributed by atoms with E-state index in [4.69, 9.17) is 16.7 Å². The molecule has 0 unspecified atom stereocenters. The summed E-state index contributed by atoms with van der Waals surface area (Å²) in [4.78, 5) is 13.5. The van der Waals surface area contributed by atoms with E-state index in [0.717, 1.165) is 12.8 Å². The lowest BCUT2D eigenvalue weighted by atomic mass is 10.2. The average molecular weight is 273 g/mol. The molecule has 1 aliphatic heterocycles. The van der Waals surface area contributed by atoms with E-state index in [1.807, 2.05) is 0 Å². The first-order chi connectivity index (χ1) is 8.61. The van der Waals surface area contributed by atoms with Gasteiger partial charge in [-0.05, 0) is 31.0 Å². The van der Waals surface area contributed by atoms with Crippen LogP contribution >= 0.6 is 11.6 Å². The highest BCUT2D eigenvalue weighted by Gasteiger charge is 2.28. The van der Waals surface area contributed by atoms with Crippen LogP contribution in [0, 0.1) is 5.82 Å². The molecule has 0 saturated carbocycles. The molecular formula is C12H14ClFN2O2. The van der Waals surface area contributed by atoms with E-state index < -0.39 is 5.82 Å². The maximum atomic E-state index is 13.0. The number of aliphatic hydroxyl groups excluding tert-OH is 1. The van der Waals surface area contributed by atoms with E-state index in [-0.39, 0.29) is 23.7 Å². The molecule has 0 aliphatic carbocycles. The number of carbonyl (C=O) groups excluding carboxylic acids is 1. The highest BCUT2D eigenvalue weighted by Crippen LogP contribution is 2.21. The van der Waals surface area contributed by atoms with E-state index in [2.05, 4.69) is 5.32 Å². The molecule has 0 spiro atoms. The zero-order valence-corrected chi connectivity index (χ0v) is 10.5. The van der Waals surface area contributed by atoms with Crippen molar-refractivity contribution < 1.29 is 14.3 Å². The third kappa shape index (κ3) is 2.73. The van der Waals surface area contributed by atoms with Crippen molar-refractivity contribution in [1.29, 1.82) is 0 Å². The molecule has 1 atom stereocenters. The summed E-state index contributed by atoms with van der Waals surface area (Å²) in [6.07, 6.45) is 1.68. The molecule has 0 radical (unpaired) electrons. The Morgan fingerprint density at radius 3 is 3.06 bits per heavy atom. The number of nitrogens with one attached hydrogen (secondary N) is 1. The number of urea groups is 1. The van der Waals surface area contributed by atoms with E-state index in [1.54, 1.807) is 4.90 Å². The van der Waals surface area contributed by atoms with Gasteiger partial charge in [0.2, 0.25) is 0 Å². The normalized spacial score (nSPS) is 19.1. The number of benzene rings is 1. The summed E-state index contributed by atoms with van der Waals surface area (Å²) < 4.78 is 13.0. The number of halogens is 2. The summed E-state index contributed by atoms with van der Waals surface area (Å²) >= 11 is 5.63. The third-order valence-electron chi connectivity index (χ3n) is 3.02. The Morgan fingerprint density at radius 1 is 1.61 bits per heavy atom. The molecule has 1 heterocycles. The number of rotatable bonds is 2. The Balaban J connectivity index is 2.04. The zero-order valence-electron chi connectivity index (χ0n) is 9.70. The summed E-state index contributed by atoms with van der Waals surface area (Å²) in [5.74, 6) is -0.524. The summed E-state index contributed by atoms with van der Waals surface area (Å²) in [7, 11) is 0. The second-order valence-electron chi connectivity index (χ2n) is 4.23. The van der Waals surface area contributed by atoms with E-state index in [1.165, 1.54) is 18.2 Å². The molecule has 2 N–H and O–H groups in total. The molecule has 1 aromatic carbocycles. The van der Waals surface area contributed by atoms with Crippen molar-refractivity contribution in [3.63, 3.8) is 0 Å². The molecule has 0 aromatic heterocycles. The number of amides is 2. The van der Waals surface area contributed by atoms with Crippen LogP contribution in [0.2, 0.25) is 5.02 Å². The minimum absolute atomic E-state index is 0.0343. The lowest BCUT2D eigenvalue weighted by Crippen LogP contribution is -2.40. The predicted octanol–water partition coefficient (Wildman–Crippen LogP) is 2.47. The maximum Gasteiger partial charge on any atom is 0.322 e. The first-order valence-electron chi connectivity index (χ1n) is 5.75. The molecule has 2 rings (SSSR count). The molecule has 18 heavy (non-hydrogen) atoms. The van der Waals surface area contributed by atoms with Crippen LogP contribution in [0.1, 0.15) is 12.8 Å². The minimum Gasteiger partial charge on any atom is -0.394 e. The number of likely N-dealkylation sites (tertiary alicyclic amines) is 1. The van der Waals surface area contributed by atoms with Crippen LogP contribution in [0.4, 0.5) is 14.9 Å². The Kier molecular flexibility index (Phi) is 4.04.